The molecule has 2 fully saturated rings. The van der Waals surface area contributed by atoms with Gasteiger partial charge in [0.1, 0.15) is 5.75 Å². The molecule has 0 radical (unpaired) electrons. The summed E-state index contributed by atoms with van der Waals surface area (Å²) in [5.74, 6) is 0.777. The maximum Gasteiger partial charge on any atom is 0.137 e. The van der Waals surface area contributed by atoms with E-state index in [0.29, 0.717) is 11.6 Å². The number of halogens is 1. The number of nitrogens with zero attached hydrogens (tertiary/aromatic N) is 1. The molecule has 20 heavy (non-hydrogen) atoms. The smallest absolute Gasteiger partial charge is 0.137 e. The lowest BCUT2D eigenvalue weighted by Gasteiger charge is -2.45. The summed E-state index contributed by atoms with van der Waals surface area (Å²) in [5.41, 5.74) is 0.149. The molecule has 0 unspecified atom stereocenters. The summed E-state index contributed by atoms with van der Waals surface area (Å²) in [6.07, 6.45) is 4.01. The molecular formula is C16H22ClNO2. The van der Waals surface area contributed by atoms with Crippen LogP contribution in [-0.2, 0) is 4.74 Å². The maximum atomic E-state index is 6.14. The Hall–Kier alpha value is -0.770. The van der Waals surface area contributed by atoms with Crippen molar-refractivity contribution in [2.24, 2.45) is 5.41 Å². The van der Waals surface area contributed by atoms with Crippen LogP contribution in [0.5, 0.6) is 5.75 Å². The van der Waals surface area contributed by atoms with Gasteiger partial charge in [-0.1, -0.05) is 30.2 Å². The number of hydrogen-bond acceptors (Lipinski definition) is 3. The molecule has 110 valence electrons. The molecule has 4 heteroatoms. The second-order valence-corrected chi connectivity index (χ2v) is 6.46. The van der Waals surface area contributed by atoms with Crippen molar-refractivity contribution < 1.29 is 9.47 Å². The Morgan fingerprint density at radius 3 is 2.55 bits per heavy atom. The quantitative estimate of drug-likeness (QED) is 0.832. The van der Waals surface area contributed by atoms with Crippen LogP contribution in [0.1, 0.15) is 19.3 Å². The molecular weight excluding hydrogens is 274 g/mol. The van der Waals surface area contributed by atoms with Gasteiger partial charge in [-0.25, -0.2) is 0 Å². The van der Waals surface area contributed by atoms with Gasteiger partial charge >= 0.3 is 0 Å². The van der Waals surface area contributed by atoms with Crippen LogP contribution in [-0.4, -0.2) is 44.4 Å². The number of para-hydroxylation sites is 1. The third-order valence-electron chi connectivity index (χ3n) is 4.19. The third kappa shape index (κ3) is 3.27. The predicted molar refractivity (Wildman–Crippen MR) is 80.5 cm³/mol. The lowest BCUT2D eigenvalue weighted by molar-refractivity contribution is -0.145. The second-order valence-electron chi connectivity index (χ2n) is 6.05. The first-order chi connectivity index (χ1) is 9.77. The summed E-state index contributed by atoms with van der Waals surface area (Å²) in [6.45, 7) is 5.80. The van der Waals surface area contributed by atoms with Crippen LogP contribution in [0, 0.1) is 5.41 Å². The van der Waals surface area contributed by atoms with Gasteiger partial charge in [-0.15, -0.1) is 0 Å². The van der Waals surface area contributed by atoms with Gasteiger partial charge in [-0.2, -0.15) is 0 Å². The van der Waals surface area contributed by atoms with Gasteiger partial charge < -0.3 is 14.4 Å². The minimum absolute atomic E-state index is 0.149. The molecule has 3 rings (SSSR count). The minimum Gasteiger partial charge on any atom is -0.491 e. The first-order valence-corrected chi connectivity index (χ1v) is 7.83. The van der Waals surface area contributed by atoms with E-state index in [-0.39, 0.29) is 5.41 Å². The van der Waals surface area contributed by atoms with Gasteiger partial charge in [0.15, 0.2) is 0 Å². The zero-order chi connectivity index (χ0) is 13.8. The van der Waals surface area contributed by atoms with Crippen LogP contribution in [0.15, 0.2) is 24.3 Å². The maximum absolute atomic E-state index is 6.14. The predicted octanol–water partition coefficient (Wildman–Crippen LogP) is 3.22. The molecule has 2 aliphatic heterocycles. The van der Waals surface area contributed by atoms with E-state index in [4.69, 9.17) is 21.1 Å². The Bertz CT molecular complexity index is 442. The monoisotopic (exact) mass is 295 g/mol. The molecule has 2 saturated heterocycles. The molecule has 0 aliphatic carbocycles. The Kier molecular flexibility index (Phi) is 4.49. The average molecular weight is 296 g/mol. The first-order valence-electron chi connectivity index (χ1n) is 7.45. The standard InChI is InChI=1S/C16H22ClNO2/c17-14-6-2-3-7-15(14)20-13-16(11-19-12-16)10-18-8-4-1-5-9-18/h2-3,6-7H,1,4-5,8-13H2. The number of benzene rings is 1. The largest absolute Gasteiger partial charge is 0.491 e. The lowest BCUT2D eigenvalue weighted by Crippen LogP contribution is -2.55. The fraction of sp³-hybridized carbons (Fsp3) is 0.625. The number of piperidine rings is 1. The first kappa shape index (κ1) is 14.2. The molecule has 0 N–H and O–H groups in total. The summed E-state index contributed by atoms with van der Waals surface area (Å²) in [7, 11) is 0. The SMILES string of the molecule is Clc1ccccc1OCC1(CN2CCCCC2)COC1. The van der Waals surface area contributed by atoms with E-state index >= 15 is 0 Å². The molecule has 2 aliphatic rings. The highest BCUT2D eigenvalue weighted by Gasteiger charge is 2.41. The van der Waals surface area contributed by atoms with E-state index < -0.39 is 0 Å². The van der Waals surface area contributed by atoms with Crippen LogP contribution in [0.25, 0.3) is 0 Å². The number of rotatable bonds is 5. The summed E-state index contributed by atoms with van der Waals surface area (Å²) in [6, 6.07) is 7.67. The van der Waals surface area contributed by atoms with Crippen LogP contribution in [0.2, 0.25) is 5.02 Å². The van der Waals surface area contributed by atoms with E-state index in [1.54, 1.807) is 0 Å². The second kappa shape index (κ2) is 6.33. The fourth-order valence-corrected chi connectivity index (χ4v) is 3.19. The Morgan fingerprint density at radius 1 is 1.15 bits per heavy atom. The van der Waals surface area contributed by atoms with Gasteiger partial charge in [-0.3, -0.25) is 0 Å². The lowest BCUT2D eigenvalue weighted by atomic mass is 9.85. The van der Waals surface area contributed by atoms with Crippen molar-refractivity contribution >= 4 is 11.6 Å². The van der Waals surface area contributed by atoms with Gasteiger partial charge in [0.25, 0.3) is 0 Å². The molecule has 2 heterocycles. The van der Waals surface area contributed by atoms with Crippen LogP contribution in [0.3, 0.4) is 0 Å². The van der Waals surface area contributed by atoms with Crippen LogP contribution in [0.4, 0.5) is 0 Å². The Morgan fingerprint density at radius 2 is 1.90 bits per heavy atom. The van der Waals surface area contributed by atoms with Crippen LogP contribution >= 0.6 is 11.6 Å². The van der Waals surface area contributed by atoms with Crippen molar-refractivity contribution in [1.29, 1.82) is 0 Å². The zero-order valence-corrected chi connectivity index (χ0v) is 12.6. The highest BCUT2D eigenvalue weighted by molar-refractivity contribution is 6.32. The fourth-order valence-electron chi connectivity index (χ4n) is 3.00. The molecule has 0 bridgehead atoms. The van der Waals surface area contributed by atoms with E-state index in [1.807, 2.05) is 24.3 Å². The summed E-state index contributed by atoms with van der Waals surface area (Å²) < 4.78 is 11.4. The Balaban J connectivity index is 1.57. The van der Waals surface area contributed by atoms with E-state index in [1.165, 1.54) is 32.4 Å². The van der Waals surface area contributed by atoms with E-state index in [9.17, 15) is 0 Å². The van der Waals surface area contributed by atoms with Crippen molar-refractivity contribution in [3.8, 4) is 5.75 Å². The van der Waals surface area contributed by atoms with Crippen molar-refractivity contribution in [1.82, 2.24) is 4.90 Å². The number of hydrogen-bond donors (Lipinski definition) is 0. The summed E-state index contributed by atoms with van der Waals surface area (Å²) >= 11 is 6.14. The third-order valence-corrected chi connectivity index (χ3v) is 4.51. The summed E-state index contributed by atoms with van der Waals surface area (Å²) in [4.78, 5) is 2.56. The molecule has 1 aromatic rings. The number of likely N-dealkylation sites (tertiary alicyclic amines) is 1. The van der Waals surface area contributed by atoms with Gasteiger partial charge in [0, 0.05) is 6.54 Å². The molecule has 3 nitrogen and oxygen atoms in total. The normalized spacial score (nSPS) is 22.2. The van der Waals surface area contributed by atoms with Gasteiger partial charge in [-0.05, 0) is 38.1 Å². The highest BCUT2D eigenvalue weighted by atomic mass is 35.5. The van der Waals surface area contributed by atoms with E-state index in [2.05, 4.69) is 4.90 Å². The molecule has 0 spiro atoms. The van der Waals surface area contributed by atoms with Gasteiger partial charge in [0.05, 0.1) is 30.3 Å². The van der Waals surface area contributed by atoms with E-state index in [0.717, 1.165) is 25.5 Å². The van der Waals surface area contributed by atoms with Crippen molar-refractivity contribution in [2.45, 2.75) is 19.3 Å². The van der Waals surface area contributed by atoms with Crippen LogP contribution < -0.4 is 4.74 Å². The number of ether oxygens (including phenoxy) is 2. The zero-order valence-electron chi connectivity index (χ0n) is 11.8. The molecule has 0 amide bonds. The van der Waals surface area contributed by atoms with Crippen molar-refractivity contribution in [3.05, 3.63) is 29.3 Å². The summed E-state index contributed by atoms with van der Waals surface area (Å²) in [5, 5.41) is 0.681. The van der Waals surface area contributed by atoms with Crippen molar-refractivity contribution in [2.75, 3.05) is 39.5 Å². The average Bonchev–Trinajstić information content (AvgIpc) is 2.44. The molecule has 1 aromatic carbocycles. The highest BCUT2D eigenvalue weighted by Crippen LogP contribution is 2.32. The molecule has 0 aromatic heterocycles. The van der Waals surface area contributed by atoms with Crippen molar-refractivity contribution in [3.63, 3.8) is 0 Å². The topological polar surface area (TPSA) is 21.7 Å². The molecule has 0 atom stereocenters. The molecule has 0 saturated carbocycles. The minimum atomic E-state index is 0.149. The van der Waals surface area contributed by atoms with Gasteiger partial charge in [0.2, 0.25) is 0 Å². The Labute approximate surface area is 125 Å².